The van der Waals surface area contributed by atoms with Gasteiger partial charge in [0.2, 0.25) is 0 Å². The minimum Gasteiger partial charge on any atom is -0.549 e. The van der Waals surface area contributed by atoms with Crippen molar-refractivity contribution in [3.8, 4) is 0 Å². The Morgan fingerprint density at radius 1 is 0.531 bits per heavy atom. The molecule has 19 heteroatoms. The van der Waals surface area contributed by atoms with Gasteiger partial charge in [-0.1, -0.05) is 27.7 Å². The maximum absolute atomic E-state index is 11.6. The van der Waals surface area contributed by atoms with Crippen molar-refractivity contribution >= 4 is 41.7 Å². The number of amides is 2. The molecule has 0 fully saturated rings. The molecule has 0 aliphatic rings. The summed E-state index contributed by atoms with van der Waals surface area (Å²) in [5.74, 6) is -2.53. The quantitative estimate of drug-likeness (QED) is 0.0946. The molecule has 0 rings (SSSR count). The molecule has 0 aliphatic carbocycles. The van der Waals surface area contributed by atoms with Crippen LogP contribution in [-0.4, -0.2) is 108 Å². The maximum atomic E-state index is 11.6. The van der Waals surface area contributed by atoms with Crippen molar-refractivity contribution in [1.29, 1.82) is 0 Å². The molecule has 2 N–H and O–H groups in total. The van der Waals surface area contributed by atoms with Crippen LogP contribution in [0.4, 0.5) is 9.59 Å². The van der Waals surface area contributed by atoms with Crippen molar-refractivity contribution in [3.05, 3.63) is 0 Å². The zero-order valence-corrected chi connectivity index (χ0v) is 36.3. The first-order valence-corrected chi connectivity index (χ1v) is 20.4. The van der Waals surface area contributed by atoms with Crippen LogP contribution in [0.25, 0.3) is 0 Å². The molecule has 0 saturated heterocycles. The van der Waals surface area contributed by atoms with Crippen LogP contribution in [0.3, 0.4) is 0 Å². The third kappa shape index (κ3) is 23.4. The van der Waals surface area contributed by atoms with Gasteiger partial charge in [-0.3, -0.25) is 0 Å². The Morgan fingerprint density at radius 3 is 0.980 bits per heavy atom. The second kappa shape index (κ2) is 28.0. The fourth-order valence-corrected chi connectivity index (χ4v) is 8.93. The Morgan fingerprint density at radius 2 is 0.776 bits per heavy atom. The van der Waals surface area contributed by atoms with Crippen LogP contribution in [0.5, 0.6) is 0 Å². The van der Waals surface area contributed by atoms with E-state index in [1.54, 1.807) is 0 Å². The molecule has 49 heavy (non-hydrogen) atoms. The molecule has 0 heterocycles. The summed E-state index contributed by atoms with van der Waals surface area (Å²) in [5.41, 5.74) is -2.45. The number of alkyl carbamates (subject to hydrolysis) is 2. The summed E-state index contributed by atoms with van der Waals surface area (Å²) in [6.45, 7) is 20.2. The summed E-state index contributed by atoms with van der Waals surface area (Å²) in [5, 5.41) is 26.8. The largest absolute Gasteiger partial charge is 2.00 e. The van der Waals surface area contributed by atoms with E-state index in [1.807, 2.05) is 41.5 Å². The van der Waals surface area contributed by atoms with Gasteiger partial charge in [0.05, 0.1) is 11.9 Å². The molecule has 0 bridgehead atoms. The number of aliphatic carboxylic acids is 2. The zero-order valence-electron chi connectivity index (χ0n) is 31.3. The first-order chi connectivity index (χ1) is 22.5. The first kappa shape index (κ1) is 51.7. The van der Waals surface area contributed by atoms with Gasteiger partial charge in [-0.15, -0.1) is 0 Å². The van der Waals surface area contributed by atoms with E-state index in [1.165, 1.54) is 27.7 Å². The molecule has 0 atom stereocenters. The number of hydrogen-bond donors (Lipinski definition) is 2. The molecule has 0 spiro atoms. The summed E-state index contributed by atoms with van der Waals surface area (Å²) in [6, 6.07) is 1.15. The number of ether oxygens (including phenoxy) is 2. The van der Waals surface area contributed by atoms with Gasteiger partial charge in [-0.25, -0.2) is 9.59 Å². The average molecular weight is 794 g/mol. The van der Waals surface area contributed by atoms with E-state index < -0.39 is 52.6 Å². The molecule has 0 aromatic carbocycles. The average Bonchev–Trinajstić information content (AvgIpc) is 3.00. The van der Waals surface area contributed by atoms with Crippen molar-refractivity contribution in [2.45, 2.75) is 94.2 Å². The van der Waals surface area contributed by atoms with Gasteiger partial charge in [0.25, 0.3) is 0 Å². The van der Waals surface area contributed by atoms with Crippen molar-refractivity contribution in [2.75, 3.05) is 65.9 Å². The van der Waals surface area contributed by atoms with Crippen LogP contribution in [-0.2, 0) is 65.1 Å². The number of carboxylic acids is 2. The number of rotatable bonds is 26. The molecule has 0 unspecified atom stereocenters. The Labute approximate surface area is 307 Å². The van der Waals surface area contributed by atoms with Crippen LogP contribution in [0.2, 0.25) is 12.1 Å². The van der Waals surface area contributed by atoms with E-state index in [4.69, 9.17) is 36.0 Å². The number of nitrogens with one attached hydrogen (secondary N) is 2. The topological polar surface area (TPSA) is 212 Å². The normalized spacial score (nSPS) is 11.8. The first-order valence-electron chi connectivity index (χ1n) is 16.5. The Hall–Kier alpha value is -1.70. The molecule has 0 radical (unpaired) electrons. The SMILES string of the molecule is CCO[Si](CCCNC(=O)OCC(C)(C)C(=O)[O-])(OCC)OCC.CCO[Si](CCCNC(=O)OCC(C)(C)C(=O)[O-])(OCC)OCC.[Zn+2]. The van der Waals surface area contributed by atoms with Crippen molar-refractivity contribution in [2.24, 2.45) is 10.8 Å². The second-order valence-corrected chi connectivity index (χ2v) is 17.0. The predicted octanol–water partition coefficient (Wildman–Crippen LogP) is 1.85. The Bertz CT molecular complexity index is 825. The molecular weight excluding hydrogens is 734 g/mol. The predicted molar refractivity (Wildman–Crippen MR) is 176 cm³/mol. The molecule has 0 saturated carbocycles. The molecule has 0 aromatic heterocycles. The van der Waals surface area contributed by atoms with Gasteiger partial charge in [0, 0.05) is 75.6 Å². The van der Waals surface area contributed by atoms with E-state index in [-0.39, 0.29) is 32.7 Å². The van der Waals surface area contributed by atoms with Crippen LogP contribution in [0.15, 0.2) is 0 Å². The van der Waals surface area contributed by atoms with Crippen LogP contribution in [0.1, 0.15) is 82.1 Å². The number of hydrogen-bond acceptors (Lipinski definition) is 14. The summed E-state index contributed by atoms with van der Waals surface area (Å²) in [6.07, 6.45) is -0.127. The number of carbonyl (C=O) groups excluding carboxylic acids is 4. The molecule has 284 valence electrons. The van der Waals surface area contributed by atoms with E-state index >= 15 is 0 Å². The number of carbonyl (C=O) groups is 4. The van der Waals surface area contributed by atoms with E-state index in [9.17, 15) is 29.4 Å². The fourth-order valence-electron chi connectivity index (χ4n) is 3.71. The number of carboxylic acid groups (broad SMARTS) is 2. The fraction of sp³-hybridized carbons (Fsp3) is 0.867. The summed E-state index contributed by atoms with van der Waals surface area (Å²) >= 11 is 0. The smallest absolute Gasteiger partial charge is 0.549 e. The standard InChI is InChI=1S/2C15H31NO7Si.Zn/c2*1-6-21-24(22-7-2,23-8-3)11-9-10-16-14(19)20-12-15(4,5)13(17)18;/h2*6-12H2,1-5H3,(H,16,19)(H,17,18);/q;;+2/p-2. The second-order valence-electron chi connectivity index (χ2n) is 11.5. The van der Waals surface area contributed by atoms with E-state index in [0.717, 1.165) is 0 Å². The van der Waals surface area contributed by atoms with Gasteiger partial charge in [-0.05, 0) is 54.4 Å². The van der Waals surface area contributed by atoms with Gasteiger partial charge in [0.15, 0.2) is 0 Å². The maximum Gasteiger partial charge on any atom is 2.00 e. The summed E-state index contributed by atoms with van der Waals surface area (Å²) < 4.78 is 44.1. The summed E-state index contributed by atoms with van der Waals surface area (Å²) in [7, 11) is -5.42. The Kier molecular flexibility index (Phi) is 29.5. The van der Waals surface area contributed by atoms with Crippen LogP contribution < -0.4 is 20.8 Å². The minimum atomic E-state index is -2.71. The Balaban J connectivity index is -0.000000846. The van der Waals surface area contributed by atoms with Gasteiger partial charge in [-0.2, -0.15) is 0 Å². The third-order valence-electron chi connectivity index (χ3n) is 6.28. The monoisotopic (exact) mass is 792 g/mol. The summed E-state index contributed by atoms with van der Waals surface area (Å²) in [4.78, 5) is 44.8. The van der Waals surface area contributed by atoms with Gasteiger partial charge >= 0.3 is 49.3 Å². The van der Waals surface area contributed by atoms with Crippen molar-refractivity contribution in [3.63, 3.8) is 0 Å². The van der Waals surface area contributed by atoms with E-state index in [2.05, 4.69) is 10.6 Å². The third-order valence-corrected chi connectivity index (χ3v) is 12.6. The molecule has 0 aliphatic heterocycles. The van der Waals surface area contributed by atoms with Crippen molar-refractivity contribution < 1.29 is 84.9 Å². The molecular formula is C30H60N2O14Si2Zn. The zero-order chi connectivity index (χ0) is 37.3. The minimum absolute atomic E-state index is 0. The van der Waals surface area contributed by atoms with Gasteiger partial charge < -0.3 is 66.5 Å². The molecule has 0 aromatic rings. The van der Waals surface area contributed by atoms with Crippen LogP contribution >= 0.6 is 0 Å². The molecule has 2 amide bonds. The van der Waals surface area contributed by atoms with E-state index in [0.29, 0.717) is 77.7 Å². The van der Waals surface area contributed by atoms with Crippen LogP contribution in [0, 0.1) is 10.8 Å². The van der Waals surface area contributed by atoms with Crippen molar-refractivity contribution in [1.82, 2.24) is 10.6 Å². The molecule has 16 nitrogen and oxygen atoms in total. The van der Waals surface area contributed by atoms with Gasteiger partial charge in [0.1, 0.15) is 13.2 Å².